The fraction of sp³-hybridized carbons (Fsp3) is 0.125. The zero-order chi connectivity index (χ0) is 14.7. The Hall–Kier alpha value is -2.42. The van der Waals surface area contributed by atoms with Gasteiger partial charge in [0.15, 0.2) is 0 Å². The molecule has 2 aromatic carbocycles. The highest BCUT2D eigenvalue weighted by molar-refractivity contribution is 7.16. The van der Waals surface area contributed by atoms with Gasteiger partial charge in [-0.2, -0.15) is 5.26 Å². The first-order valence-electron chi connectivity index (χ1n) is 6.51. The monoisotopic (exact) mass is 295 g/mol. The number of rotatable bonds is 4. The van der Waals surface area contributed by atoms with E-state index in [0.717, 1.165) is 21.5 Å². The minimum atomic E-state index is -0.616. The zero-order valence-electron chi connectivity index (χ0n) is 11.2. The van der Waals surface area contributed by atoms with Gasteiger partial charge >= 0.3 is 0 Å². The molecule has 2 N–H and O–H groups in total. The minimum absolute atomic E-state index is 0.413. The van der Waals surface area contributed by atoms with Crippen LogP contribution in [-0.2, 0) is 0 Å². The molecule has 4 nitrogen and oxygen atoms in total. The molecule has 0 saturated heterocycles. The molecule has 0 aliphatic carbocycles. The lowest BCUT2D eigenvalue weighted by atomic mass is 10.1. The number of aliphatic hydroxyl groups is 1. The highest BCUT2D eigenvalue weighted by atomic mass is 32.1. The first-order valence-corrected chi connectivity index (χ1v) is 7.39. The molecule has 1 atom stereocenters. The Labute approximate surface area is 126 Å². The Bertz CT molecular complexity index is 789. The highest BCUT2D eigenvalue weighted by Gasteiger charge is 2.07. The summed E-state index contributed by atoms with van der Waals surface area (Å²) in [5.41, 5.74) is 5.15. The molecule has 0 amide bonds. The number of nitriles is 1. The molecule has 0 bridgehead atoms. The van der Waals surface area contributed by atoms with Gasteiger partial charge in [-0.05, 0) is 35.9 Å². The SMILES string of the molecule is N#Cc1ccc(C(O)CNc2ccc3ncsc3c2)cc1. The van der Waals surface area contributed by atoms with Crippen molar-refractivity contribution in [2.45, 2.75) is 6.10 Å². The molecule has 104 valence electrons. The summed E-state index contributed by atoms with van der Waals surface area (Å²) < 4.78 is 1.12. The number of hydrogen-bond acceptors (Lipinski definition) is 5. The lowest BCUT2D eigenvalue weighted by Crippen LogP contribution is -2.12. The van der Waals surface area contributed by atoms with Crippen LogP contribution in [0.2, 0.25) is 0 Å². The number of fused-ring (bicyclic) bond motifs is 1. The first-order chi connectivity index (χ1) is 10.3. The number of nitrogens with zero attached hydrogens (tertiary/aromatic N) is 2. The Morgan fingerprint density at radius 1 is 1.24 bits per heavy atom. The summed E-state index contributed by atoms with van der Waals surface area (Å²) in [6.45, 7) is 0.413. The van der Waals surface area contributed by atoms with E-state index in [9.17, 15) is 5.11 Å². The van der Waals surface area contributed by atoms with Crippen LogP contribution in [0.4, 0.5) is 5.69 Å². The fourth-order valence-electron chi connectivity index (χ4n) is 2.08. The van der Waals surface area contributed by atoms with E-state index in [4.69, 9.17) is 5.26 Å². The summed E-state index contributed by atoms with van der Waals surface area (Å²) >= 11 is 1.59. The number of anilines is 1. The van der Waals surface area contributed by atoms with Crippen LogP contribution < -0.4 is 5.32 Å². The maximum absolute atomic E-state index is 10.2. The number of benzene rings is 2. The second-order valence-corrected chi connectivity index (χ2v) is 5.55. The van der Waals surface area contributed by atoms with Gasteiger partial charge in [0.25, 0.3) is 0 Å². The van der Waals surface area contributed by atoms with Crippen LogP contribution in [0.1, 0.15) is 17.2 Å². The quantitative estimate of drug-likeness (QED) is 0.774. The van der Waals surface area contributed by atoms with Crippen molar-refractivity contribution in [2.75, 3.05) is 11.9 Å². The van der Waals surface area contributed by atoms with Crippen LogP contribution in [-0.4, -0.2) is 16.6 Å². The third-order valence-corrected chi connectivity index (χ3v) is 4.05. The van der Waals surface area contributed by atoms with Gasteiger partial charge in [0.05, 0.1) is 33.5 Å². The van der Waals surface area contributed by atoms with Crippen molar-refractivity contribution in [2.24, 2.45) is 0 Å². The molecule has 21 heavy (non-hydrogen) atoms. The van der Waals surface area contributed by atoms with E-state index in [1.165, 1.54) is 0 Å². The number of thiazole rings is 1. The van der Waals surface area contributed by atoms with Crippen molar-refractivity contribution in [3.05, 3.63) is 59.1 Å². The molecule has 1 unspecified atom stereocenters. The minimum Gasteiger partial charge on any atom is -0.387 e. The van der Waals surface area contributed by atoms with Gasteiger partial charge < -0.3 is 10.4 Å². The highest BCUT2D eigenvalue weighted by Crippen LogP contribution is 2.22. The Morgan fingerprint density at radius 3 is 2.81 bits per heavy atom. The molecule has 1 heterocycles. The largest absolute Gasteiger partial charge is 0.387 e. The average Bonchev–Trinajstić information content (AvgIpc) is 3.00. The van der Waals surface area contributed by atoms with Crippen molar-refractivity contribution < 1.29 is 5.11 Å². The Morgan fingerprint density at radius 2 is 2.05 bits per heavy atom. The topological polar surface area (TPSA) is 68.9 Å². The van der Waals surface area contributed by atoms with Crippen LogP contribution >= 0.6 is 11.3 Å². The number of nitrogens with one attached hydrogen (secondary N) is 1. The predicted octanol–water partition coefficient (Wildman–Crippen LogP) is 3.31. The van der Waals surface area contributed by atoms with Gasteiger partial charge in [-0.1, -0.05) is 12.1 Å². The van der Waals surface area contributed by atoms with Gasteiger partial charge in [-0.3, -0.25) is 0 Å². The van der Waals surface area contributed by atoms with E-state index in [-0.39, 0.29) is 0 Å². The molecule has 0 aliphatic rings. The number of hydrogen-bond donors (Lipinski definition) is 2. The van der Waals surface area contributed by atoms with Crippen molar-refractivity contribution in [3.8, 4) is 6.07 Å². The van der Waals surface area contributed by atoms with Gasteiger partial charge in [0.2, 0.25) is 0 Å². The molecule has 0 radical (unpaired) electrons. The zero-order valence-corrected chi connectivity index (χ0v) is 12.0. The molecule has 0 fully saturated rings. The maximum Gasteiger partial charge on any atom is 0.0991 e. The molecule has 1 aromatic heterocycles. The van der Waals surface area contributed by atoms with Crippen molar-refractivity contribution in [1.82, 2.24) is 4.98 Å². The molecule has 3 aromatic rings. The molecule has 0 spiro atoms. The van der Waals surface area contributed by atoms with Crippen LogP contribution in [0, 0.1) is 11.3 Å². The smallest absolute Gasteiger partial charge is 0.0991 e. The fourth-order valence-corrected chi connectivity index (χ4v) is 2.79. The summed E-state index contributed by atoms with van der Waals surface area (Å²) in [5.74, 6) is 0. The molecule has 5 heteroatoms. The van der Waals surface area contributed by atoms with E-state index in [2.05, 4.69) is 16.4 Å². The number of aliphatic hydroxyl groups excluding tert-OH is 1. The number of aromatic nitrogens is 1. The molecule has 0 saturated carbocycles. The van der Waals surface area contributed by atoms with E-state index in [0.29, 0.717) is 12.1 Å². The van der Waals surface area contributed by atoms with E-state index in [1.54, 1.807) is 35.6 Å². The standard InChI is InChI=1S/C16H13N3OS/c17-8-11-1-3-12(4-2-11)15(20)9-18-13-5-6-14-16(7-13)21-10-19-14/h1-7,10,15,18,20H,9H2. The van der Waals surface area contributed by atoms with E-state index < -0.39 is 6.10 Å². The molecular formula is C16H13N3OS. The second kappa shape index (κ2) is 5.92. The average molecular weight is 295 g/mol. The summed E-state index contributed by atoms with van der Waals surface area (Å²) in [6, 6.07) is 15.0. The third kappa shape index (κ3) is 3.02. The van der Waals surface area contributed by atoms with Crippen LogP contribution in [0.25, 0.3) is 10.2 Å². The summed E-state index contributed by atoms with van der Waals surface area (Å²) in [7, 11) is 0. The lowest BCUT2D eigenvalue weighted by Gasteiger charge is -2.13. The van der Waals surface area contributed by atoms with Gasteiger partial charge in [-0.25, -0.2) is 4.98 Å². The summed E-state index contributed by atoms with van der Waals surface area (Å²) in [6.07, 6.45) is -0.616. The van der Waals surface area contributed by atoms with Gasteiger partial charge in [0.1, 0.15) is 0 Å². The second-order valence-electron chi connectivity index (χ2n) is 4.67. The Balaban J connectivity index is 1.66. The predicted molar refractivity (Wildman–Crippen MR) is 84.2 cm³/mol. The molecule has 3 rings (SSSR count). The van der Waals surface area contributed by atoms with Gasteiger partial charge in [-0.15, -0.1) is 11.3 Å². The van der Waals surface area contributed by atoms with Crippen LogP contribution in [0.15, 0.2) is 48.0 Å². The Kier molecular flexibility index (Phi) is 3.82. The van der Waals surface area contributed by atoms with Crippen LogP contribution in [0.3, 0.4) is 0 Å². The van der Waals surface area contributed by atoms with E-state index >= 15 is 0 Å². The molecular weight excluding hydrogens is 282 g/mol. The van der Waals surface area contributed by atoms with Crippen molar-refractivity contribution in [1.29, 1.82) is 5.26 Å². The third-order valence-electron chi connectivity index (χ3n) is 3.26. The van der Waals surface area contributed by atoms with E-state index in [1.807, 2.05) is 23.7 Å². The van der Waals surface area contributed by atoms with Crippen LogP contribution in [0.5, 0.6) is 0 Å². The molecule has 0 aliphatic heterocycles. The first kappa shape index (κ1) is 13.6. The lowest BCUT2D eigenvalue weighted by molar-refractivity contribution is 0.191. The van der Waals surface area contributed by atoms with Crippen molar-refractivity contribution >= 4 is 27.2 Å². The van der Waals surface area contributed by atoms with Gasteiger partial charge in [0, 0.05) is 12.2 Å². The van der Waals surface area contributed by atoms with Crippen molar-refractivity contribution in [3.63, 3.8) is 0 Å². The maximum atomic E-state index is 10.2. The summed E-state index contributed by atoms with van der Waals surface area (Å²) in [5, 5.41) is 22.1. The normalized spacial score (nSPS) is 12.0. The summed E-state index contributed by atoms with van der Waals surface area (Å²) in [4.78, 5) is 4.23.